The summed E-state index contributed by atoms with van der Waals surface area (Å²) in [6.07, 6.45) is 3.19. The highest BCUT2D eigenvalue weighted by atomic mass is 16.5. The van der Waals surface area contributed by atoms with Crippen LogP contribution in [0.15, 0.2) is 36.7 Å². The Bertz CT molecular complexity index is 529. The van der Waals surface area contributed by atoms with Crippen molar-refractivity contribution in [1.82, 2.24) is 9.97 Å². The number of methoxy groups -OCH3 is 1. The van der Waals surface area contributed by atoms with Gasteiger partial charge < -0.3 is 4.74 Å². The Labute approximate surface area is 93.2 Å². The van der Waals surface area contributed by atoms with E-state index in [1.54, 1.807) is 25.4 Å². The Balaban J connectivity index is 2.47. The molecule has 0 spiro atoms. The van der Waals surface area contributed by atoms with E-state index in [1.807, 2.05) is 18.2 Å². The fraction of sp³-hybridized carbons (Fsp3) is 0.0833. The molecule has 0 fully saturated rings. The van der Waals surface area contributed by atoms with Crippen LogP contribution in [0.1, 0.15) is 5.56 Å². The molecule has 4 nitrogen and oxygen atoms in total. The fourth-order valence-corrected chi connectivity index (χ4v) is 1.37. The quantitative estimate of drug-likeness (QED) is 0.762. The van der Waals surface area contributed by atoms with Crippen LogP contribution in [0.4, 0.5) is 0 Å². The van der Waals surface area contributed by atoms with E-state index >= 15 is 0 Å². The van der Waals surface area contributed by atoms with Gasteiger partial charge in [0.25, 0.3) is 0 Å². The maximum absolute atomic E-state index is 8.67. The Kier molecular flexibility index (Phi) is 2.79. The predicted molar refractivity (Wildman–Crippen MR) is 58.7 cm³/mol. The van der Waals surface area contributed by atoms with Gasteiger partial charge in [-0.2, -0.15) is 5.26 Å². The average Bonchev–Trinajstić information content (AvgIpc) is 2.39. The third kappa shape index (κ3) is 1.84. The number of rotatable bonds is 2. The van der Waals surface area contributed by atoms with Gasteiger partial charge in [-0.3, -0.25) is 4.98 Å². The third-order valence-corrected chi connectivity index (χ3v) is 2.13. The summed E-state index contributed by atoms with van der Waals surface area (Å²) < 4.78 is 5.14. The van der Waals surface area contributed by atoms with Crippen LogP contribution in [-0.4, -0.2) is 17.1 Å². The number of pyridine rings is 2. The monoisotopic (exact) mass is 211 g/mol. The van der Waals surface area contributed by atoms with Crippen LogP contribution in [0.5, 0.6) is 5.88 Å². The maximum Gasteiger partial charge on any atom is 0.222 e. The van der Waals surface area contributed by atoms with E-state index in [1.165, 1.54) is 6.20 Å². The van der Waals surface area contributed by atoms with Crippen LogP contribution in [0.2, 0.25) is 0 Å². The molecule has 2 aromatic heterocycles. The van der Waals surface area contributed by atoms with Crippen molar-refractivity contribution in [1.29, 1.82) is 5.26 Å². The molecule has 2 rings (SSSR count). The summed E-state index contributed by atoms with van der Waals surface area (Å²) in [5.41, 5.74) is 2.09. The highest BCUT2D eigenvalue weighted by Crippen LogP contribution is 2.25. The number of aromatic nitrogens is 2. The first-order chi connectivity index (χ1) is 7.85. The average molecular weight is 211 g/mol. The zero-order valence-electron chi connectivity index (χ0n) is 8.71. The third-order valence-electron chi connectivity index (χ3n) is 2.13. The summed E-state index contributed by atoms with van der Waals surface area (Å²) in [5.74, 6) is 0.528. The van der Waals surface area contributed by atoms with E-state index in [9.17, 15) is 0 Å². The van der Waals surface area contributed by atoms with Gasteiger partial charge in [0, 0.05) is 12.4 Å². The first-order valence-electron chi connectivity index (χ1n) is 4.70. The molecule has 0 amide bonds. The van der Waals surface area contributed by atoms with Crippen molar-refractivity contribution < 1.29 is 4.74 Å². The van der Waals surface area contributed by atoms with E-state index in [0.717, 1.165) is 11.3 Å². The maximum atomic E-state index is 8.67. The molecule has 0 aliphatic carbocycles. The predicted octanol–water partition coefficient (Wildman–Crippen LogP) is 2.02. The largest absolute Gasteiger partial charge is 0.481 e. The van der Waals surface area contributed by atoms with Gasteiger partial charge in [-0.25, -0.2) is 4.98 Å². The van der Waals surface area contributed by atoms with Crippen molar-refractivity contribution in [2.24, 2.45) is 0 Å². The van der Waals surface area contributed by atoms with Crippen LogP contribution < -0.4 is 4.74 Å². The summed E-state index contributed by atoms with van der Waals surface area (Å²) in [6.45, 7) is 0. The first-order valence-corrected chi connectivity index (χ1v) is 4.70. The number of hydrogen-bond acceptors (Lipinski definition) is 4. The number of ether oxygens (including phenoxy) is 1. The molecule has 0 radical (unpaired) electrons. The Morgan fingerprint density at radius 2 is 2.12 bits per heavy atom. The minimum Gasteiger partial charge on any atom is -0.481 e. The second-order valence-electron chi connectivity index (χ2n) is 3.10. The van der Waals surface area contributed by atoms with Crippen LogP contribution in [0, 0.1) is 11.3 Å². The number of nitrogens with zero attached hydrogens (tertiary/aromatic N) is 3. The molecular weight excluding hydrogens is 202 g/mol. The highest BCUT2D eigenvalue weighted by Gasteiger charge is 2.06. The topological polar surface area (TPSA) is 58.8 Å². The van der Waals surface area contributed by atoms with Gasteiger partial charge in [-0.15, -0.1) is 0 Å². The van der Waals surface area contributed by atoms with E-state index in [4.69, 9.17) is 10.00 Å². The smallest absolute Gasteiger partial charge is 0.222 e. The molecule has 16 heavy (non-hydrogen) atoms. The molecule has 0 aromatic carbocycles. The molecule has 0 N–H and O–H groups in total. The molecule has 2 aromatic rings. The Hall–Kier alpha value is -2.41. The number of nitriles is 1. The van der Waals surface area contributed by atoms with Gasteiger partial charge in [0.1, 0.15) is 6.07 Å². The molecule has 78 valence electrons. The van der Waals surface area contributed by atoms with Crippen LogP contribution in [0.25, 0.3) is 11.3 Å². The molecule has 0 aliphatic heterocycles. The van der Waals surface area contributed by atoms with Crippen molar-refractivity contribution in [3.63, 3.8) is 0 Å². The van der Waals surface area contributed by atoms with Crippen LogP contribution in [-0.2, 0) is 0 Å². The lowest BCUT2D eigenvalue weighted by atomic mass is 10.1. The molecule has 0 unspecified atom stereocenters. The van der Waals surface area contributed by atoms with E-state index in [-0.39, 0.29) is 0 Å². The standard InChI is InChI=1S/C12H9N3O/c1-16-12-10(3-2-6-14-12)11-5-4-9(7-13)8-15-11/h2-6,8H,1H3. The lowest BCUT2D eigenvalue weighted by Gasteiger charge is -2.05. The second kappa shape index (κ2) is 4.41. The lowest BCUT2D eigenvalue weighted by Crippen LogP contribution is -1.92. The van der Waals surface area contributed by atoms with Gasteiger partial charge in [0.2, 0.25) is 5.88 Å². The molecule has 0 aliphatic rings. The molecule has 4 heteroatoms. The Morgan fingerprint density at radius 3 is 2.75 bits per heavy atom. The van der Waals surface area contributed by atoms with E-state index < -0.39 is 0 Å². The van der Waals surface area contributed by atoms with E-state index in [0.29, 0.717) is 11.4 Å². The lowest BCUT2D eigenvalue weighted by molar-refractivity contribution is 0.399. The van der Waals surface area contributed by atoms with Gasteiger partial charge in [-0.05, 0) is 24.3 Å². The van der Waals surface area contributed by atoms with Crippen LogP contribution >= 0.6 is 0 Å². The molecule has 0 saturated carbocycles. The first kappa shape index (κ1) is 10.1. The van der Waals surface area contributed by atoms with Gasteiger partial charge in [0.15, 0.2) is 0 Å². The summed E-state index contributed by atoms with van der Waals surface area (Å²) in [7, 11) is 1.56. The summed E-state index contributed by atoms with van der Waals surface area (Å²) in [4.78, 5) is 8.27. The van der Waals surface area contributed by atoms with Crippen molar-refractivity contribution >= 4 is 0 Å². The van der Waals surface area contributed by atoms with Crippen LogP contribution in [0.3, 0.4) is 0 Å². The zero-order chi connectivity index (χ0) is 11.4. The normalized spacial score (nSPS) is 9.50. The minimum atomic E-state index is 0.528. The summed E-state index contributed by atoms with van der Waals surface area (Å²) in [5, 5.41) is 8.67. The van der Waals surface area contributed by atoms with Crippen molar-refractivity contribution in [2.75, 3.05) is 7.11 Å². The molecule has 0 atom stereocenters. The highest BCUT2D eigenvalue weighted by molar-refractivity contribution is 5.64. The molecule has 0 saturated heterocycles. The van der Waals surface area contributed by atoms with Gasteiger partial charge in [0.05, 0.1) is 23.9 Å². The van der Waals surface area contributed by atoms with Crippen molar-refractivity contribution in [3.05, 3.63) is 42.2 Å². The van der Waals surface area contributed by atoms with Gasteiger partial charge >= 0.3 is 0 Å². The van der Waals surface area contributed by atoms with Crippen molar-refractivity contribution in [3.8, 4) is 23.2 Å². The van der Waals surface area contributed by atoms with E-state index in [2.05, 4.69) is 9.97 Å². The SMILES string of the molecule is COc1ncccc1-c1ccc(C#N)cn1. The minimum absolute atomic E-state index is 0.528. The molecular formula is C12H9N3O. The second-order valence-corrected chi connectivity index (χ2v) is 3.10. The van der Waals surface area contributed by atoms with Gasteiger partial charge in [-0.1, -0.05) is 0 Å². The fourth-order valence-electron chi connectivity index (χ4n) is 1.37. The Morgan fingerprint density at radius 1 is 1.25 bits per heavy atom. The van der Waals surface area contributed by atoms with Crippen molar-refractivity contribution in [2.45, 2.75) is 0 Å². The summed E-state index contributed by atoms with van der Waals surface area (Å²) in [6, 6.07) is 9.21. The molecule has 2 heterocycles. The zero-order valence-corrected chi connectivity index (χ0v) is 8.71. The molecule has 0 bridgehead atoms. The number of hydrogen-bond donors (Lipinski definition) is 0. The summed E-state index contributed by atoms with van der Waals surface area (Å²) >= 11 is 0.